The first kappa shape index (κ1) is 19.8. The van der Waals surface area contributed by atoms with Crippen molar-refractivity contribution >= 4 is 39.3 Å². The van der Waals surface area contributed by atoms with Crippen molar-refractivity contribution in [1.82, 2.24) is 10.2 Å². The molecule has 1 aliphatic carbocycles. The number of unbranched alkanes of at least 4 members (excludes halogenated alkanes) is 2. The maximum atomic E-state index is 12.2. The molecule has 4 atom stereocenters. The van der Waals surface area contributed by atoms with E-state index < -0.39 is 0 Å². The van der Waals surface area contributed by atoms with E-state index in [1.165, 1.54) is 17.1 Å². The van der Waals surface area contributed by atoms with E-state index >= 15 is 0 Å². The number of hydrogen-bond acceptors (Lipinski definition) is 6. The summed E-state index contributed by atoms with van der Waals surface area (Å²) in [5, 5.41) is 4.57. The summed E-state index contributed by atoms with van der Waals surface area (Å²) in [5.74, 6) is -0.387. The monoisotopic (exact) mass is 397 g/mol. The van der Waals surface area contributed by atoms with Crippen LogP contribution in [0, 0.1) is 0 Å². The average Bonchev–Trinajstić information content (AvgIpc) is 2.89. The molecule has 3 rings (SSSR count). The van der Waals surface area contributed by atoms with Crippen LogP contribution in [0.4, 0.5) is 0 Å². The number of nitrogens with two attached hydrogens (primary N) is 1. The molecule has 3 aliphatic rings. The number of carbonyl (C=O) groups excluding carboxylic acids is 3. The highest BCUT2D eigenvalue weighted by atomic mass is 33.1. The summed E-state index contributed by atoms with van der Waals surface area (Å²) < 4.78 is 0. The molecule has 2 fully saturated rings. The quantitative estimate of drug-likeness (QED) is 0.388. The summed E-state index contributed by atoms with van der Waals surface area (Å²) in [5.41, 5.74) is 6.24. The largest absolute Gasteiger partial charge is 0.353 e. The smallest absolute Gasteiger partial charge is 0.253 e. The predicted molar refractivity (Wildman–Crippen MR) is 105 cm³/mol. The maximum Gasteiger partial charge on any atom is 0.253 e. The summed E-state index contributed by atoms with van der Waals surface area (Å²) in [6.45, 7) is 0.433. The van der Waals surface area contributed by atoms with Gasteiger partial charge in [0.15, 0.2) is 0 Å². The molecule has 0 spiro atoms. The molecule has 3 amide bonds. The van der Waals surface area contributed by atoms with Crippen LogP contribution in [0.15, 0.2) is 12.2 Å². The molecular weight excluding hydrogens is 370 g/mol. The number of carbonyl (C=O) groups is 3. The zero-order valence-electron chi connectivity index (χ0n) is 14.9. The first-order valence-corrected chi connectivity index (χ1v) is 11.7. The van der Waals surface area contributed by atoms with Crippen LogP contribution in [0.5, 0.6) is 0 Å². The van der Waals surface area contributed by atoms with Gasteiger partial charge in [0.25, 0.3) is 11.8 Å². The Kier molecular flexibility index (Phi) is 7.05. The van der Waals surface area contributed by atoms with Gasteiger partial charge in [0.2, 0.25) is 5.91 Å². The van der Waals surface area contributed by atoms with Gasteiger partial charge in [-0.25, -0.2) is 0 Å². The third-order valence-corrected chi connectivity index (χ3v) is 8.87. The summed E-state index contributed by atoms with van der Waals surface area (Å²) >= 11 is 0. The minimum Gasteiger partial charge on any atom is -0.353 e. The molecular formula is C18H27N3O3S2. The van der Waals surface area contributed by atoms with Gasteiger partial charge in [0.05, 0.1) is 0 Å². The fourth-order valence-electron chi connectivity index (χ4n) is 3.70. The fourth-order valence-corrected chi connectivity index (χ4v) is 6.73. The summed E-state index contributed by atoms with van der Waals surface area (Å²) in [4.78, 5) is 36.4. The second-order valence-corrected chi connectivity index (χ2v) is 10.1. The van der Waals surface area contributed by atoms with E-state index in [0.29, 0.717) is 23.5 Å². The van der Waals surface area contributed by atoms with E-state index in [1.54, 1.807) is 0 Å². The van der Waals surface area contributed by atoms with Crippen molar-refractivity contribution < 1.29 is 14.4 Å². The van der Waals surface area contributed by atoms with Gasteiger partial charge in [0, 0.05) is 47.7 Å². The van der Waals surface area contributed by atoms with E-state index in [4.69, 9.17) is 5.73 Å². The van der Waals surface area contributed by atoms with Gasteiger partial charge in [-0.15, -0.1) is 0 Å². The molecule has 6 nitrogen and oxygen atoms in total. The molecule has 1 saturated heterocycles. The molecule has 26 heavy (non-hydrogen) atoms. The van der Waals surface area contributed by atoms with Gasteiger partial charge in [0.1, 0.15) is 0 Å². The van der Waals surface area contributed by atoms with Crippen molar-refractivity contribution in [2.24, 2.45) is 5.73 Å². The van der Waals surface area contributed by atoms with Gasteiger partial charge in [-0.05, 0) is 38.5 Å². The van der Waals surface area contributed by atoms with Crippen molar-refractivity contribution in [2.75, 3.05) is 6.54 Å². The molecule has 0 aromatic heterocycles. The third-order valence-electron chi connectivity index (χ3n) is 5.19. The topological polar surface area (TPSA) is 92.5 Å². The lowest BCUT2D eigenvalue weighted by atomic mass is 9.92. The zero-order valence-corrected chi connectivity index (χ0v) is 16.5. The van der Waals surface area contributed by atoms with E-state index in [2.05, 4.69) is 5.32 Å². The molecule has 0 aromatic rings. The highest BCUT2D eigenvalue weighted by molar-refractivity contribution is 8.80. The average molecular weight is 398 g/mol. The number of hydrogen-bond donors (Lipinski definition) is 2. The highest BCUT2D eigenvalue weighted by Crippen LogP contribution is 2.52. The molecule has 0 bridgehead atoms. The Morgan fingerprint density at radius 1 is 1.08 bits per heavy atom. The Hall–Kier alpha value is -0.990. The van der Waals surface area contributed by atoms with Crippen molar-refractivity contribution in [3.63, 3.8) is 0 Å². The summed E-state index contributed by atoms with van der Waals surface area (Å²) in [6, 6.07) is 0.362. The van der Waals surface area contributed by atoms with Crippen LogP contribution in [0.25, 0.3) is 0 Å². The van der Waals surface area contributed by atoms with Gasteiger partial charge >= 0.3 is 0 Å². The summed E-state index contributed by atoms with van der Waals surface area (Å²) in [7, 11) is 3.91. The SMILES string of the molecule is NC1CC(NC(=O)CCCCCN2C(=O)C=CC2=O)CCC2SSC2C1. The molecule has 1 saturated carbocycles. The zero-order chi connectivity index (χ0) is 18.5. The molecule has 0 aromatic carbocycles. The van der Waals surface area contributed by atoms with Crippen LogP contribution < -0.4 is 11.1 Å². The first-order valence-electron chi connectivity index (χ1n) is 9.43. The third kappa shape index (κ3) is 5.27. The lowest BCUT2D eigenvalue weighted by Gasteiger charge is -2.40. The molecule has 2 aliphatic heterocycles. The van der Waals surface area contributed by atoms with Crippen LogP contribution in [0.2, 0.25) is 0 Å². The molecule has 2 heterocycles. The lowest BCUT2D eigenvalue weighted by molar-refractivity contribution is -0.137. The Bertz CT molecular complexity index is 566. The highest BCUT2D eigenvalue weighted by Gasteiger charge is 2.36. The van der Waals surface area contributed by atoms with Crippen molar-refractivity contribution in [2.45, 2.75) is 74.0 Å². The Morgan fingerprint density at radius 3 is 2.50 bits per heavy atom. The maximum absolute atomic E-state index is 12.2. The van der Waals surface area contributed by atoms with Crippen LogP contribution in [-0.4, -0.2) is 51.7 Å². The van der Waals surface area contributed by atoms with Gasteiger partial charge < -0.3 is 11.1 Å². The van der Waals surface area contributed by atoms with Crippen LogP contribution in [-0.2, 0) is 14.4 Å². The van der Waals surface area contributed by atoms with Crippen LogP contribution in [0.3, 0.4) is 0 Å². The van der Waals surface area contributed by atoms with Crippen molar-refractivity contribution in [3.05, 3.63) is 12.2 Å². The predicted octanol–water partition coefficient (Wildman–Crippen LogP) is 1.99. The van der Waals surface area contributed by atoms with Crippen molar-refractivity contribution in [3.8, 4) is 0 Å². The molecule has 4 unspecified atom stereocenters. The fraction of sp³-hybridized carbons (Fsp3) is 0.722. The Labute approximate surface area is 162 Å². The Balaban J connectivity index is 1.30. The van der Waals surface area contributed by atoms with Crippen molar-refractivity contribution in [1.29, 1.82) is 0 Å². The number of fused-ring (bicyclic) bond motifs is 1. The Morgan fingerprint density at radius 2 is 1.81 bits per heavy atom. The normalized spacial score (nSPS) is 31.2. The number of amides is 3. The standard InChI is InChI=1S/C18H27N3O3S2/c19-12-10-13(5-6-14-15(11-12)26-25-14)20-16(22)4-2-1-3-9-21-17(23)7-8-18(21)24/h7-8,12-15H,1-6,9-11,19H2,(H,20,22). The summed E-state index contributed by atoms with van der Waals surface area (Å²) in [6.07, 6.45) is 9.52. The molecule has 3 N–H and O–H groups in total. The van der Waals surface area contributed by atoms with E-state index in [0.717, 1.165) is 44.9 Å². The number of rotatable bonds is 7. The van der Waals surface area contributed by atoms with Crippen LogP contribution in [0.1, 0.15) is 51.4 Å². The van der Waals surface area contributed by atoms with Gasteiger partial charge in [-0.3, -0.25) is 19.3 Å². The molecule has 8 heteroatoms. The first-order chi connectivity index (χ1) is 12.5. The van der Waals surface area contributed by atoms with E-state index in [1.807, 2.05) is 21.6 Å². The van der Waals surface area contributed by atoms with Gasteiger partial charge in [-0.1, -0.05) is 28.0 Å². The number of nitrogens with one attached hydrogen (secondary N) is 1. The van der Waals surface area contributed by atoms with Crippen LogP contribution >= 0.6 is 21.6 Å². The minimum atomic E-state index is -0.237. The van der Waals surface area contributed by atoms with Gasteiger partial charge in [-0.2, -0.15) is 0 Å². The molecule has 144 valence electrons. The minimum absolute atomic E-state index is 0.0879. The van der Waals surface area contributed by atoms with E-state index in [-0.39, 0.29) is 29.8 Å². The second kappa shape index (κ2) is 9.28. The number of nitrogens with zero attached hydrogens (tertiary/aromatic N) is 1. The lowest BCUT2D eigenvalue weighted by Crippen LogP contribution is -2.45. The van der Waals surface area contributed by atoms with E-state index in [9.17, 15) is 14.4 Å². The number of imide groups is 1. The molecule has 0 radical (unpaired) electrons. The second-order valence-electron chi connectivity index (χ2n) is 7.31.